The van der Waals surface area contributed by atoms with E-state index in [-0.39, 0.29) is 11.3 Å². The maximum absolute atomic E-state index is 12.7. The van der Waals surface area contributed by atoms with E-state index in [1.165, 1.54) is 44.2 Å². The summed E-state index contributed by atoms with van der Waals surface area (Å²) in [4.78, 5) is 15.0. The van der Waals surface area contributed by atoms with Crippen LogP contribution in [0.1, 0.15) is 58.8 Å². The third kappa shape index (κ3) is 4.19. The molecule has 4 aliphatic carbocycles. The summed E-state index contributed by atoms with van der Waals surface area (Å²) in [6.07, 6.45) is 8.61. The van der Waals surface area contributed by atoms with Gasteiger partial charge in [0.25, 0.3) is 0 Å². The van der Waals surface area contributed by atoms with Gasteiger partial charge in [-0.05, 0) is 112 Å². The third-order valence-electron chi connectivity index (χ3n) is 7.21. The maximum Gasteiger partial charge on any atom is 0.226 e. The Kier molecular flexibility index (Phi) is 5.64. The van der Waals surface area contributed by atoms with Crippen LogP contribution >= 0.6 is 12.2 Å². The van der Waals surface area contributed by atoms with Gasteiger partial charge in [-0.3, -0.25) is 4.79 Å². The normalized spacial score (nSPS) is 30.1. The quantitative estimate of drug-likeness (QED) is 0.664. The van der Waals surface area contributed by atoms with Crippen LogP contribution in [-0.2, 0) is 4.79 Å². The van der Waals surface area contributed by atoms with E-state index in [1.807, 2.05) is 12.1 Å². The van der Waals surface area contributed by atoms with Crippen LogP contribution in [0.5, 0.6) is 0 Å². The molecule has 5 rings (SSSR count). The van der Waals surface area contributed by atoms with Gasteiger partial charge >= 0.3 is 0 Å². The first kappa shape index (κ1) is 19.7. The summed E-state index contributed by atoms with van der Waals surface area (Å²) >= 11 is 5.40. The molecule has 4 nitrogen and oxygen atoms in total. The van der Waals surface area contributed by atoms with Crippen LogP contribution in [-0.4, -0.2) is 24.1 Å². The fourth-order valence-electron chi connectivity index (χ4n) is 6.52. The van der Waals surface area contributed by atoms with E-state index in [0.717, 1.165) is 36.5 Å². The number of hydrogen-bond donors (Lipinski definition) is 2. The summed E-state index contributed by atoms with van der Waals surface area (Å²) in [6, 6.07) is 8.22. The van der Waals surface area contributed by atoms with Crippen LogP contribution in [0.2, 0.25) is 0 Å². The van der Waals surface area contributed by atoms with Gasteiger partial charge in [0, 0.05) is 30.9 Å². The zero-order chi connectivity index (χ0) is 19.7. The molecular weight excluding hydrogens is 366 g/mol. The molecule has 0 aliphatic heterocycles. The highest BCUT2D eigenvalue weighted by Crippen LogP contribution is 2.61. The fourth-order valence-corrected chi connectivity index (χ4v) is 6.76. The van der Waals surface area contributed by atoms with E-state index >= 15 is 0 Å². The number of thiocarbonyl (C=S) groups is 1. The molecule has 152 valence electrons. The van der Waals surface area contributed by atoms with E-state index in [2.05, 4.69) is 41.5 Å². The Morgan fingerprint density at radius 3 is 2.07 bits per heavy atom. The van der Waals surface area contributed by atoms with Crippen molar-refractivity contribution in [2.24, 2.45) is 23.2 Å². The van der Waals surface area contributed by atoms with Gasteiger partial charge in [0.15, 0.2) is 5.11 Å². The number of nitrogens with zero attached hydrogens (tertiary/aromatic N) is 1. The molecular formula is C23H33N3OS. The molecule has 0 spiro atoms. The number of carbonyl (C=O) groups is 1. The molecule has 0 saturated heterocycles. The molecule has 1 aromatic rings. The highest BCUT2D eigenvalue weighted by Gasteiger charge is 2.51. The summed E-state index contributed by atoms with van der Waals surface area (Å²) < 4.78 is 0. The molecule has 1 aromatic carbocycles. The van der Waals surface area contributed by atoms with Gasteiger partial charge in [-0.15, -0.1) is 0 Å². The maximum atomic E-state index is 12.7. The molecule has 0 radical (unpaired) electrons. The number of anilines is 2. The summed E-state index contributed by atoms with van der Waals surface area (Å²) in [5.41, 5.74) is 2.36. The minimum Gasteiger partial charge on any atom is -0.372 e. The van der Waals surface area contributed by atoms with E-state index in [4.69, 9.17) is 12.2 Å². The second-order valence-corrected chi connectivity index (χ2v) is 9.72. The van der Waals surface area contributed by atoms with Crippen molar-refractivity contribution in [1.82, 2.24) is 5.32 Å². The smallest absolute Gasteiger partial charge is 0.226 e. The van der Waals surface area contributed by atoms with E-state index in [1.54, 1.807) is 0 Å². The van der Waals surface area contributed by atoms with Gasteiger partial charge in [0.2, 0.25) is 5.91 Å². The van der Waals surface area contributed by atoms with Gasteiger partial charge in [0.1, 0.15) is 0 Å². The molecule has 0 heterocycles. The minimum absolute atomic E-state index is 0.0826. The predicted molar refractivity (Wildman–Crippen MR) is 120 cm³/mol. The number of rotatable bonds is 6. The average Bonchev–Trinajstić information content (AvgIpc) is 2.62. The first-order valence-corrected chi connectivity index (χ1v) is 11.4. The predicted octanol–water partition coefficient (Wildman–Crippen LogP) is 4.95. The molecule has 0 atom stereocenters. The molecule has 4 bridgehead atoms. The molecule has 0 aromatic heterocycles. The van der Waals surface area contributed by atoms with Gasteiger partial charge in [0.05, 0.1) is 0 Å². The van der Waals surface area contributed by atoms with Crippen molar-refractivity contribution < 1.29 is 4.79 Å². The third-order valence-corrected chi connectivity index (χ3v) is 7.41. The zero-order valence-electron chi connectivity index (χ0n) is 17.2. The van der Waals surface area contributed by atoms with Crippen molar-refractivity contribution >= 4 is 34.6 Å². The lowest BCUT2D eigenvalue weighted by Gasteiger charge is -2.56. The first-order valence-electron chi connectivity index (χ1n) is 10.9. The summed E-state index contributed by atoms with van der Waals surface area (Å²) in [5, 5.41) is 6.51. The zero-order valence-corrected chi connectivity index (χ0v) is 18.0. The lowest BCUT2D eigenvalue weighted by atomic mass is 9.49. The molecule has 4 saturated carbocycles. The lowest BCUT2D eigenvalue weighted by molar-refractivity contribution is -0.127. The standard InChI is InChI=1S/C23H33N3OS/c1-3-26(4-2)20-7-5-19(6-8-20)24-22(28)25-21(27)15-23-12-16-9-17(13-23)11-18(10-16)14-23/h5-8,16-18H,3-4,9-15H2,1-2H3,(H2,24,25,27,28). The largest absolute Gasteiger partial charge is 0.372 e. The molecule has 0 unspecified atom stereocenters. The van der Waals surface area contributed by atoms with Gasteiger partial charge in [-0.1, -0.05) is 0 Å². The van der Waals surface area contributed by atoms with Crippen LogP contribution in [0.3, 0.4) is 0 Å². The van der Waals surface area contributed by atoms with Crippen molar-refractivity contribution in [3.05, 3.63) is 24.3 Å². The van der Waals surface area contributed by atoms with Crippen molar-refractivity contribution in [1.29, 1.82) is 0 Å². The summed E-state index contributed by atoms with van der Waals surface area (Å²) in [6.45, 7) is 6.29. The van der Waals surface area contributed by atoms with Crippen molar-refractivity contribution in [3.63, 3.8) is 0 Å². The Balaban J connectivity index is 1.30. The van der Waals surface area contributed by atoms with Gasteiger partial charge in [-0.25, -0.2) is 0 Å². The lowest BCUT2D eigenvalue weighted by Crippen LogP contribution is -2.48. The fraction of sp³-hybridized carbons (Fsp3) is 0.652. The molecule has 28 heavy (non-hydrogen) atoms. The van der Waals surface area contributed by atoms with Crippen LogP contribution in [0, 0.1) is 23.2 Å². The Hall–Kier alpha value is -1.62. The Bertz CT molecular complexity index is 691. The summed E-state index contributed by atoms with van der Waals surface area (Å²) in [7, 11) is 0. The molecule has 5 heteroatoms. The van der Waals surface area contributed by atoms with Crippen molar-refractivity contribution in [2.75, 3.05) is 23.3 Å². The van der Waals surface area contributed by atoms with E-state index in [0.29, 0.717) is 11.5 Å². The topological polar surface area (TPSA) is 44.4 Å². The highest BCUT2D eigenvalue weighted by atomic mass is 32.1. The first-order chi connectivity index (χ1) is 13.5. The highest BCUT2D eigenvalue weighted by molar-refractivity contribution is 7.80. The van der Waals surface area contributed by atoms with Gasteiger partial charge in [-0.2, -0.15) is 0 Å². The Morgan fingerprint density at radius 2 is 1.57 bits per heavy atom. The number of nitrogens with one attached hydrogen (secondary N) is 2. The number of benzene rings is 1. The SMILES string of the molecule is CCN(CC)c1ccc(NC(=S)NC(=O)CC23CC4CC(CC(C4)C2)C3)cc1. The molecule has 2 N–H and O–H groups in total. The van der Waals surface area contributed by atoms with Crippen LogP contribution in [0.25, 0.3) is 0 Å². The second kappa shape index (κ2) is 8.02. The van der Waals surface area contributed by atoms with Crippen LogP contribution < -0.4 is 15.5 Å². The van der Waals surface area contributed by atoms with Crippen LogP contribution in [0.15, 0.2) is 24.3 Å². The number of amides is 1. The summed E-state index contributed by atoms with van der Waals surface area (Å²) in [5.74, 6) is 2.69. The van der Waals surface area contributed by atoms with E-state index < -0.39 is 0 Å². The number of hydrogen-bond acceptors (Lipinski definition) is 3. The average molecular weight is 400 g/mol. The number of carbonyl (C=O) groups excluding carboxylic acids is 1. The van der Waals surface area contributed by atoms with Crippen LogP contribution in [0.4, 0.5) is 11.4 Å². The van der Waals surface area contributed by atoms with Crippen molar-refractivity contribution in [2.45, 2.75) is 58.8 Å². The molecule has 1 amide bonds. The Morgan fingerprint density at radius 1 is 1.04 bits per heavy atom. The second-order valence-electron chi connectivity index (χ2n) is 9.32. The monoisotopic (exact) mass is 399 g/mol. The van der Waals surface area contributed by atoms with Gasteiger partial charge < -0.3 is 15.5 Å². The Labute approximate surface area is 174 Å². The van der Waals surface area contributed by atoms with Crippen molar-refractivity contribution in [3.8, 4) is 0 Å². The molecule has 4 aliphatic rings. The molecule has 4 fully saturated rings. The minimum atomic E-state index is 0.0826. The van der Waals surface area contributed by atoms with E-state index in [9.17, 15) is 4.79 Å².